The molecule has 0 unspecified atom stereocenters. The van der Waals surface area contributed by atoms with Crippen LogP contribution in [0.4, 0.5) is 5.13 Å². The molecule has 7 nitrogen and oxygen atoms in total. The first-order valence-electron chi connectivity index (χ1n) is 4.96. The van der Waals surface area contributed by atoms with Crippen molar-refractivity contribution in [3.05, 3.63) is 11.1 Å². The van der Waals surface area contributed by atoms with Crippen molar-refractivity contribution in [2.24, 2.45) is 0 Å². The zero-order chi connectivity index (χ0) is 13.6. The van der Waals surface area contributed by atoms with Gasteiger partial charge in [-0.1, -0.05) is 0 Å². The van der Waals surface area contributed by atoms with Gasteiger partial charge in [0.05, 0.1) is 11.8 Å². The lowest BCUT2D eigenvalue weighted by Gasteiger charge is -1.99. The molecule has 0 saturated carbocycles. The molecule has 1 aromatic heterocycles. The van der Waals surface area contributed by atoms with Crippen LogP contribution in [0.15, 0.2) is 5.38 Å². The van der Waals surface area contributed by atoms with Crippen LogP contribution in [0.25, 0.3) is 0 Å². The van der Waals surface area contributed by atoms with E-state index in [1.165, 1.54) is 0 Å². The number of aromatic nitrogens is 1. The van der Waals surface area contributed by atoms with Gasteiger partial charge < -0.3 is 5.11 Å². The largest absolute Gasteiger partial charge is 0.481 e. The van der Waals surface area contributed by atoms with Crippen LogP contribution in [-0.2, 0) is 21.2 Å². The van der Waals surface area contributed by atoms with Gasteiger partial charge in [0, 0.05) is 11.8 Å². The lowest BCUT2D eigenvalue weighted by Crippen LogP contribution is -2.15. The molecule has 0 saturated heterocycles. The van der Waals surface area contributed by atoms with Gasteiger partial charge in [0.2, 0.25) is 10.0 Å². The highest BCUT2D eigenvalue weighted by molar-refractivity contribution is 7.93. The number of anilines is 1. The third kappa shape index (κ3) is 5.11. The smallest absolute Gasteiger partial charge is 0.303 e. The lowest BCUT2D eigenvalue weighted by molar-refractivity contribution is -0.137. The number of nitrogens with zero attached hydrogens (tertiary/aromatic N) is 2. The fourth-order valence-corrected chi connectivity index (χ4v) is 2.86. The monoisotopic (exact) mass is 289 g/mol. The third-order valence-electron chi connectivity index (χ3n) is 1.87. The minimum atomic E-state index is -3.66. The highest BCUT2D eigenvalue weighted by Gasteiger charge is 2.12. The second-order valence-corrected chi connectivity index (χ2v) is 5.99. The summed E-state index contributed by atoms with van der Waals surface area (Å²) in [5, 5.41) is 18.6. The number of carboxylic acid groups (broad SMARTS) is 1. The molecular formula is C9H11N3O4S2. The summed E-state index contributed by atoms with van der Waals surface area (Å²) in [4.78, 5) is 14.3. The fraction of sp³-hybridized carbons (Fsp3) is 0.444. The summed E-state index contributed by atoms with van der Waals surface area (Å²) in [5.41, 5.74) is 0.635. The number of hydrogen-bond donors (Lipinski definition) is 2. The summed E-state index contributed by atoms with van der Waals surface area (Å²) in [6.45, 7) is 0. The fourth-order valence-electron chi connectivity index (χ4n) is 1.14. The van der Waals surface area contributed by atoms with Crippen molar-refractivity contribution in [1.29, 1.82) is 5.26 Å². The minimum absolute atomic E-state index is 0.0486. The Balaban J connectivity index is 2.54. The first kappa shape index (κ1) is 14.4. The Bertz CT molecular complexity index is 559. The molecule has 1 aromatic rings. The van der Waals surface area contributed by atoms with E-state index >= 15 is 0 Å². The molecule has 0 aliphatic rings. The molecule has 0 spiro atoms. The predicted octanol–water partition coefficient (Wildman–Crippen LogP) is 0.816. The second-order valence-electron chi connectivity index (χ2n) is 3.41. The van der Waals surface area contributed by atoms with Gasteiger partial charge in [-0.2, -0.15) is 5.26 Å². The third-order valence-corrected chi connectivity index (χ3v) is 3.82. The number of carboxylic acids is 1. The number of rotatable bonds is 7. The Labute approximate surface area is 108 Å². The summed E-state index contributed by atoms with van der Waals surface area (Å²) in [7, 11) is -3.66. The molecule has 0 bridgehead atoms. The highest BCUT2D eigenvalue weighted by atomic mass is 32.2. The van der Waals surface area contributed by atoms with Crippen LogP contribution in [0.2, 0.25) is 0 Å². The van der Waals surface area contributed by atoms with E-state index in [0.29, 0.717) is 18.5 Å². The van der Waals surface area contributed by atoms with Gasteiger partial charge in [0.15, 0.2) is 10.9 Å². The minimum Gasteiger partial charge on any atom is -0.481 e. The lowest BCUT2D eigenvalue weighted by atomic mass is 10.2. The summed E-state index contributed by atoms with van der Waals surface area (Å²) in [6, 6.07) is 1.54. The Morgan fingerprint density at radius 3 is 2.94 bits per heavy atom. The molecule has 0 aromatic carbocycles. The van der Waals surface area contributed by atoms with Crippen molar-refractivity contribution in [3.63, 3.8) is 0 Å². The molecule has 9 heteroatoms. The summed E-state index contributed by atoms with van der Waals surface area (Å²) in [5.74, 6) is -1.50. The standard InChI is InChI=1S/C9H11N3O4S2/c10-4-5-18(15,16)12-9-11-7(6-17-9)2-1-3-8(13)14/h6H,1-3,5H2,(H,11,12)(H,13,14). The van der Waals surface area contributed by atoms with Crippen molar-refractivity contribution in [3.8, 4) is 6.07 Å². The quantitative estimate of drug-likeness (QED) is 0.766. The first-order valence-corrected chi connectivity index (χ1v) is 7.50. The zero-order valence-electron chi connectivity index (χ0n) is 9.29. The molecule has 1 heterocycles. The number of sulfonamides is 1. The number of hydrogen-bond acceptors (Lipinski definition) is 6. The van der Waals surface area contributed by atoms with E-state index in [0.717, 1.165) is 11.3 Å². The van der Waals surface area contributed by atoms with E-state index in [9.17, 15) is 13.2 Å². The van der Waals surface area contributed by atoms with E-state index in [4.69, 9.17) is 10.4 Å². The predicted molar refractivity (Wildman–Crippen MR) is 65.7 cm³/mol. The van der Waals surface area contributed by atoms with Crippen LogP contribution in [0.1, 0.15) is 18.5 Å². The Kier molecular flexibility index (Phi) is 5.06. The highest BCUT2D eigenvalue weighted by Crippen LogP contribution is 2.18. The molecule has 0 amide bonds. The van der Waals surface area contributed by atoms with Gasteiger partial charge in [-0.25, -0.2) is 13.4 Å². The second kappa shape index (κ2) is 6.32. The summed E-state index contributed by atoms with van der Waals surface area (Å²) in [6.07, 6.45) is 0.971. The van der Waals surface area contributed by atoms with Crippen LogP contribution in [-0.4, -0.2) is 30.2 Å². The van der Waals surface area contributed by atoms with Gasteiger partial charge >= 0.3 is 5.97 Å². The summed E-state index contributed by atoms with van der Waals surface area (Å²) < 4.78 is 24.7. The van der Waals surface area contributed by atoms with Crippen LogP contribution >= 0.6 is 11.3 Å². The normalized spacial score (nSPS) is 10.8. The molecular weight excluding hydrogens is 278 g/mol. The average molecular weight is 289 g/mol. The average Bonchev–Trinajstić information content (AvgIpc) is 2.64. The van der Waals surface area contributed by atoms with Crippen molar-refractivity contribution in [2.75, 3.05) is 10.5 Å². The van der Waals surface area contributed by atoms with E-state index in [1.54, 1.807) is 11.4 Å². The van der Waals surface area contributed by atoms with Crippen molar-refractivity contribution in [1.82, 2.24) is 4.98 Å². The Hall–Kier alpha value is -1.66. The number of nitriles is 1. The Morgan fingerprint density at radius 2 is 2.33 bits per heavy atom. The van der Waals surface area contributed by atoms with Crippen LogP contribution in [0.3, 0.4) is 0 Å². The zero-order valence-corrected chi connectivity index (χ0v) is 10.9. The van der Waals surface area contributed by atoms with Crippen molar-refractivity contribution in [2.45, 2.75) is 19.3 Å². The molecule has 0 aliphatic heterocycles. The maximum Gasteiger partial charge on any atom is 0.303 e. The number of thiazole rings is 1. The molecule has 0 atom stereocenters. The van der Waals surface area contributed by atoms with Crippen LogP contribution in [0, 0.1) is 11.3 Å². The molecule has 0 aliphatic carbocycles. The molecule has 0 radical (unpaired) electrons. The van der Waals surface area contributed by atoms with Gasteiger partial charge in [-0.15, -0.1) is 11.3 Å². The van der Waals surface area contributed by atoms with Gasteiger partial charge in [0.25, 0.3) is 0 Å². The first-order chi connectivity index (χ1) is 8.43. The molecule has 18 heavy (non-hydrogen) atoms. The van der Waals surface area contributed by atoms with E-state index < -0.39 is 21.7 Å². The van der Waals surface area contributed by atoms with Gasteiger partial charge in [-0.05, 0) is 12.8 Å². The molecule has 98 valence electrons. The van der Waals surface area contributed by atoms with E-state index in [1.807, 2.05) is 0 Å². The van der Waals surface area contributed by atoms with Crippen LogP contribution < -0.4 is 4.72 Å². The van der Waals surface area contributed by atoms with Gasteiger partial charge in [-0.3, -0.25) is 9.52 Å². The maximum atomic E-state index is 11.3. The van der Waals surface area contributed by atoms with Crippen molar-refractivity contribution < 1.29 is 18.3 Å². The SMILES string of the molecule is N#CCS(=O)(=O)Nc1nc(CCCC(=O)O)cs1. The van der Waals surface area contributed by atoms with Crippen molar-refractivity contribution >= 4 is 32.5 Å². The molecule has 0 fully saturated rings. The number of aryl methyl sites for hydroxylation is 1. The topological polar surface area (TPSA) is 120 Å². The molecule has 1 rings (SSSR count). The number of carbonyl (C=O) groups is 1. The Morgan fingerprint density at radius 1 is 1.61 bits per heavy atom. The summed E-state index contributed by atoms with van der Waals surface area (Å²) >= 11 is 1.10. The van der Waals surface area contributed by atoms with E-state index in [2.05, 4.69) is 9.71 Å². The number of aliphatic carboxylic acids is 1. The number of nitrogens with one attached hydrogen (secondary N) is 1. The van der Waals surface area contributed by atoms with Gasteiger partial charge in [0.1, 0.15) is 0 Å². The van der Waals surface area contributed by atoms with Crippen LogP contribution in [0.5, 0.6) is 0 Å². The maximum absolute atomic E-state index is 11.3. The van der Waals surface area contributed by atoms with E-state index in [-0.39, 0.29) is 11.6 Å². The molecule has 2 N–H and O–H groups in total.